The maximum absolute atomic E-state index is 14.5. The van der Waals surface area contributed by atoms with Crippen molar-refractivity contribution < 1.29 is 4.39 Å². The first-order valence-corrected chi connectivity index (χ1v) is 8.89. The third-order valence-corrected chi connectivity index (χ3v) is 4.72. The summed E-state index contributed by atoms with van der Waals surface area (Å²) in [7, 11) is 0. The van der Waals surface area contributed by atoms with Gasteiger partial charge in [0.15, 0.2) is 5.82 Å². The zero-order valence-corrected chi connectivity index (χ0v) is 15.3. The monoisotopic (exact) mass is 381 g/mol. The lowest BCUT2D eigenvalue weighted by molar-refractivity contribution is 0.624. The van der Waals surface area contributed by atoms with Crippen molar-refractivity contribution in [2.24, 2.45) is 0 Å². The van der Waals surface area contributed by atoms with Crippen LogP contribution in [0.4, 0.5) is 21.6 Å². The summed E-state index contributed by atoms with van der Waals surface area (Å²) in [4.78, 5) is 8.49. The number of anilines is 3. The Labute approximate surface area is 160 Å². The van der Waals surface area contributed by atoms with Crippen LogP contribution in [-0.2, 0) is 6.42 Å². The molecule has 0 aliphatic carbocycles. The van der Waals surface area contributed by atoms with Gasteiger partial charge >= 0.3 is 0 Å². The Kier molecular flexibility index (Phi) is 4.41. The Bertz CT molecular complexity index is 1120. The molecule has 0 radical (unpaired) electrons. The molecular formula is C20H17ClFN5. The molecule has 0 saturated carbocycles. The molecule has 0 unspecified atom stereocenters. The van der Waals surface area contributed by atoms with Crippen molar-refractivity contribution in [3.05, 3.63) is 71.4 Å². The lowest BCUT2D eigenvalue weighted by atomic mass is 10.2. The van der Waals surface area contributed by atoms with Gasteiger partial charge in [-0.25, -0.2) is 9.37 Å². The maximum Gasteiger partial charge on any atom is 0.151 e. The molecule has 0 atom stereocenters. The number of nitrogens with one attached hydrogen (secondary N) is 1. The molecule has 3 aromatic heterocycles. The summed E-state index contributed by atoms with van der Waals surface area (Å²) in [6.07, 6.45) is 3.49. The molecule has 0 aliphatic rings. The van der Waals surface area contributed by atoms with E-state index < -0.39 is 5.82 Å². The van der Waals surface area contributed by atoms with Crippen molar-refractivity contribution >= 4 is 34.4 Å². The number of aromatic nitrogens is 3. The average Bonchev–Trinajstić information content (AvgIpc) is 3.03. The predicted octanol–water partition coefficient (Wildman–Crippen LogP) is 5.08. The van der Waals surface area contributed by atoms with Gasteiger partial charge in [0.1, 0.15) is 17.2 Å². The number of aryl methyl sites for hydroxylation is 1. The summed E-state index contributed by atoms with van der Waals surface area (Å²) in [6.45, 7) is 2.05. The molecule has 0 spiro atoms. The summed E-state index contributed by atoms with van der Waals surface area (Å²) in [5.74, 6) is 0.154. The standard InChI is InChI=1S/C20H17ClFN5/c1-2-12-5-3-8-17-25-18(13-9-10-24-11-15(13)22)20(27(12)17)26-19-14(21)6-4-7-16(19)23/h3-11,26H,2,23H2,1H3. The van der Waals surface area contributed by atoms with Crippen LogP contribution in [0.2, 0.25) is 5.02 Å². The summed E-state index contributed by atoms with van der Waals surface area (Å²) in [6, 6.07) is 12.7. The highest BCUT2D eigenvalue weighted by Gasteiger charge is 2.20. The second-order valence-corrected chi connectivity index (χ2v) is 6.47. The predicted molar refractivity (Wildman–Crippen MR) is 107 cm³/mol. The van der Waals surface area contributed by atoms with Crippen molar-refractivity contribution in [1.29, 1.82) is 0 Å². The Morgan fingerprint density at radius 1 is 1.19 bits per heavy atom. The summed E-state index contributed by atoms with van der Waals surface area (Å²) in [5.41, 5.74) is 9.70. The Morgan fingerprint density at radius 3 is 2.74 bits per heavy atom. The van der Waals surface area contributed by atoms with Crippen molar-refractivity contribution in [2.75, 3.05) is 11.1 Å². The van der Waals surface area contributed by atoms with E-state index in [1.165, 1.54) is 12.4 Å². The minimum atomic E-state index is -0.450. The fraction of sp³-hybridized carbons (Fsp3) is 0.100. The Hall–Kier alpha value is -3.12. The van der Waals surface area contributed by atoms with E-state index in [1.807, 2.05) is 22.6 Å². The molecular weight excluding hydrogens is 365 g/mol. The van der Waals surface area contributed by atoms with E-state index in [9.17, 15) is 4.39 Å². The topological polar surface area (TPSA) is 68.2 Å². The van der Waals surface area contributed by atoms with Crippen LogP contribution in [0, 0.1) is 5.82 Å². The van der Waals surface area contributed by atoms with Crippen LogP contribution in [0.25, 0.3) is 16.9 Å². The van der Waals surface area contributed by atoms with Gasteiger partial charge in [0, 0.05) is 17.5 Å². The van der Waals surface area contributed by atoms with Gasteiger partial charge in [0.2, 0.25) is 0 Å². The first-order chi connectivity index (χ1) is 13.1. The van der Waals surface area contributed by atoms with Crippen LogP contribution in [0.3, 0.4) is 0 Å². The number of halogens is 2. The Balaban J connectivity index is 2.02. The third-order valence-electron chi connectivity index (χ3n) is 4.40. The second-order valence-electron chi connectivity index (χ2n) is 6.06. The van der Waals surface area contributed by atoms with E-state index in [2.05, 4.69) is 22.2 Å². The van der Waals surface area contributed by atoms with Gasteiger partial charge in [-0.1, -0.05) is 30.7 Å². The molecule has 136 valence electrons. The zero-order valence-electron chi connectivity index (χ0n) is 14.6. The van der Waals surface area contributed by atoms with Crippen LogP contribution < -0.4 is 11.1 Å². The number of hydrogen-bond acceptors (Lipinski definition) is 4. The normalized spacial score (nSPS) is 11.1. The molecule has 4 aromatic rings. The smallest absolute Gasteiger partial charge is 0.151 e. The van der Waals surface area contributed by atoms with Crippen LogP contribution in [-0.4, -0.2) is 14.4 Å². The van der Waals surface area contributed by atoms with Gasteiger partial charge in [-0.15, -0.1) is 0 Å². The molecule has 0 aliphatic heterocycles. The number of nitrogens with two attached hydrogens (primary N) is 1. The molecule has 0 bridgehead atoms. The van der Waals surface area contributed by atoms with Crippen molar-refractivity contribution in [2.45, 2.75) is 13.3 Å². The maximum atomic E-state index is 14.5. The number of pyridine rings is 2. The lowest BCUT2D eigenvalue weighted by Gasteiger charge is -2.14. The van der Waals surface area contributed by atoms with Gasteiger partial charge in [-0.2, -0.15) is 0 Å². The quantitative estimate of drug-likeness (QED) is 0.484. The fourth-order valence-electron chi connectivity index (χ4n) is 3.10. The van der Waals surface area contributed by atoms with Gasteiger partial charge in [0.25, 0.3) is 0 Å². The minimum Gasteiger partial charge on any atom is -0.397 e. The molecule has 0 fully saturated rings. The number of rotatable bonds is 4. The van der Waals surface area contributed by atoms with Crippen molar-refractivity contribution in [3.63, 3.8) is 0 Å². The van der Waals surface area contributed by atoms with Gasteiger partial charge in [0.05, 0.1) is 22.6 Å². The number of fused-ring (bicyclic) bond motifs is 1. The number of nitrogens with zero attached hydrogens (tertiary/aromatic N) is 3. The SMILES string of the molecule is CCc1cccc2nc(-c3ccncc3F)c(Nc3c(N)cccc3Cl)n12. The number of benzene rings is 1. The number of hydrogen-bond donors (Lipinski definition) is 2. The van der Waals surface area contributed by atoms with Gasteiger partial charge < -0.3 is 11.1 Å². The fourth-order valence-corrected chi connectivity index (χ4v) is 3.33. The van der Waals surface area contributed by atoms with Gasteiger partial charge in [-0.05, 0) is 36.8 Å². The van der Waals surface area contributed by atoms with Gasteiger partial charge in [-0.3, -0.25) is 9.38 Å². The van der Waals surface area contributed by atoms with Crippen LogP contribution in [0.5, 0.6) is 0 Å². The van der Waals surface area contributed by atoms with Crippen LogP contribution in [0.1, 0.15) is 12.6 Å². The first-order valence-electron chi connectivity index (χ1n) is 8.51. The molecule has 0 saturated heterocycles. The number of imidazole rings is 1. The molecule has 7 heteroatoms. The first kappa shape index (κ1) is 17.3. The van der Waals surface area contributed by atoms with E-state index in [1.54, 1.807) is 24.3 Å². The largest absolute Gasteiger partial charge is 0.397 e. The number of para-hydroxylation sites is 1. The Morgan fingerprint density at radius 2 is 2.00 bits per heavy atom. The highest BCUT2D eigenvalue weighted by molar-refractivity contribution is 6.34. The van der Waals surface area contributed by atoms with E-state index in [0.717, 1.165) is 12.1 Å². The molecule has 5 nitrogen and oxygen atoms in total. The molecule has 27 heavy (non-hydrogen) atoms. The van der Waals surface area contributed by atoms with Crippen molar-refractivity contribution in [3.8, 4) is 11.3 Å². The molecule has 3 heterocycles. The highest BCUT2D eigenvalue weighted by Crippen LogP contribution is 2.37. The zero-order chi connectivity index (χ0) is 19.0. The van der Waals surface area contributed by atoms with E-state index in [0.29, 0.717) is 39.1 Å². The van der Waals surface area contributed by atoms with E-state index >= 15 is 0 Å². The van der Waals surface area contributed by atoms with Crippen LogP contribution >= 0.6 is 11.6 Å². The average molecular weight is 382 g/mol. The summed E-state index contributed by atoms with van der Waals surface area (Å²) >= 11 is 6.34. The summed E-state index contributed by atoms with van der Waals surface area (Å²) < 4.78 is 16.4. The highest BCUT2D eigenvalue weighted by atomic mass is 35.5. The third kappa shape index (κ3) is 2.98. The van der Waals surface area contributed by atoms with E-state index in [4.69, 9.17) is 17.3 Å². The molecule has 4 rings (SSSR count). The second kappa shape index (κ2) is 6.89. The molecule has 1 aromatic carbocycles. The van der Waals surface area contributed by atoms with Crippen LogP contribution in [0.15, 0.2) is 54.9 Å². The minimum absolute atomic E-state index is 0.351. The summed E-state index contributed by atoms with van der Waals surface area (Å²) in [5, 5.41) is 3.76. The lowest BCUT2D eigenvalue weighted by Crippen LogP contribution is -2.04. The molecule has 3 N–H and O–H groups in total. The van der Waals surface area contributed by atoms with E-state index in [-0.39, 0.29) is 0 Å². The number of nitrogen functional groups attached to an aromatic ring is 1. The van der Waals surface area contributed by atoms with Crippen molar-refractivity contribution in [1.82, 2.24) is 14.4 Å². The molecule has 0 amide bonds.